The molecule has 0 spiro atoms. The average molecular weight is 358 g/mol. The van der Waals surface area contributed by atoms with Crippen molar-refractivity contribution in [3.8, 4) is 23.0 Å². The highest BCUT2D eigenvalue weighted by Crippen LogP contribution is 2.25. The minimum Gasteiger partial charge on any atom is -0.497 e. The zero-order chi connectivity index (χ0) is 18.8. The summed E-state index contributed by atoms with van der Waals surface area (Å²) in [6, 6.07) is 12.2. The monoisotopic (exact) mass is 358 g/mol. The van der Waals surface area contributed by atoms with Gasteiger partial charge in [0.25, 0.3) is 0 Å². The maximum absolute atomic E-state index is 5.33. The topological polar surface area (TPSA) is 36.9 Å². The Morgan fingerprint density at radius 3 is 1.04 bits per heavy atom. The summed E-state index contributed by atoms with van der Waals surface area (Å²) in [6.07, 6.45) is 6.83. The summed E-state index contributed by atoms with van der Waals surface area (Å²) in [4.78, 5) is 0. The largest absolute Gasteiger partial charge is 0.497 e. The fourth-order valence-corrected chi connectivity index (χ4v) is 3.03. The van der Waals surface area contributed by atoms with Crippen LogP contribution in [0.2, 0.25) is 0 Å². The van der Waals surface area contributed by atoms with Gasteiger partial charge in [-0.15, -0.1) is 0 Å². The van der Waals surface area contributed by atoms with Crippen LogP contribution in [0.25, 0.3) is 0 Å². The molecule has 0 atom stereocenters. The molecule has 2 aromatic rings. The molecule has 0 bridgehead atoms. The zero-order valence-corrected chi connectivity index (χ0v) is 16.3. The van der Waals surface area contributed by atoms with E-state index in [0.29, 0.717) is 0 Å². The Balaban J connectivity index is 1.74. The Bertz CT molecular complexity index is 578. The molecular formula is C22H30O4. The highest BCUT2D eigenvalue weighted by molar-refractivity contribution is 5.39. The quantitative estimate of drug-likeness (QED) is 0.526. The first-order valence-electron chi connectivity index (χ1n) is 9.12. The third-order valence-electron chi connectivity index (χ3n) is 4.50. The number of ether oxygens (including phenoxy) is 4. The number of hydrogen-bond acceptors (Lipinski definition) is 4. The lowest BCUT2D eigenvalue weighted by Crippen LogP contribution is -1.93. The van der Waals surface area contributed by atoms with Gasteiger partial charge < -0.3 is 18.9 Å². The molecule has 0 aliphatic rings. The van der Waals surface area contributed by atoms with Crippen LogP contribution in [0.5, 0.6) is 23.0 Å². The number of methoxy groups -OCH3 is 4. The average Bonchev–Trinajstić information content (AvgIpc) is 2.69. The van der Waals surface area contributed by atoms with Gasteiger partial charge in [-0.3, -0.25) is 0 Å². The third kappa shape index (κ3) is 6.17. The summed E-state index contributed by atoms with van der Waals surface area (Å²) in [5.74, 6) is 3.41. The second-order valence-electron chi connectivity index (χ2n) is 6.36. The highest BCUT2D eigenvalue weighted by atomic mass is 16.5. The third-order valence-corrected chi connectivity index (χ3v) is 4.50. The van der Waals surface area contributed by atoms with Gasteiger partial charge in [-0.25, -0.2) is 0 Å². The van der Waals surface area contributed by atoms with Crippen molar-refractivity contribution in [1.29, 1.82) is 0 Å². The predicted octanol–water partition coefficient (Wildman–Crippen LogP) is 5.07. The van der Waals surface area contributed by atoms with Crippen LogP contribution in [0.4, 0.5) is 0 Å². The first-order valence-corrected chi connectivity index (χ1v) is 9.12. The first-order chi connectivity index (χ1) is 12.7. The molecule has 0 N–H and O–H groups in total. The van der Waals surface area contributed by atoms with Crippen LogP contribution in [0.1, 0.15) is 36.8 Å². The second kappa shape index (κ2) is 10.6. The molecule has 0 aromatic heterocycles. The molecule has 0 aliphatic heterocycles. The van der Waals surface area contributed by atoms with Crippen LogP contribution >= 0.6 is 0 Å². The molecule has 26 heavy (non-hydrogen) atoms. The maximum Gasteiger partial charge on any atom is 0.122 e. The standard InChI is InChI=1S/C22H30O4/c1-23-19-11-17(12-20(15-19)24-2)9-7-5-6-8-10-18-13-21(25-3)16-22(14-18)26-4/h11-16H,5-10H2,1-4H3. The van der Waals surface area contributed by atoms with E-state index in [9.17, 15) is 0 Å². The van der Waals surface area contributed by atoms with Gasteiger partial charge in [-0.1, -0.05) is 12.8 Å². The van der Waals surface area contributed by atoms with E-state index in [1.807, 2.05) is 12.1 Å². The van der Waals surface area contributed by atoms with Crippen LogP contribution in [0, 0.1) is 0 Å². The van der Waals surface area contributed by atoms with E-state index in [1.54, 1.807) is 28.4 Å². The van der Waals surface area contributed by atoms with E-state index < -0.39 is 0 Å². The molecule has 0 saturated carbocycles. The molecule has 142 valence electrons. The molecule has 0 saturated heterocycles. The Kier molecular flexibility index (Phi) is 8.13. The van der Waals surface area contributed by atoms with Crippen molar-refractivity contribution in [2.75, 3.05) is 28.4 Å². The SMILES string of the molecule is COc1cc(CCCCCCc2cc(OC)cc(OC)c2)cc(OC)c1. The van der Waals surface area contributed by atoms with Crippen molar-refractivity contribution in [3.05, 3.63) is 47.5 Å². The summed E-state index contributed by atoms with van der Waals surface area (Å²) in [7, 11) is 6.75. The second-order valence-corrected chi connectivity index (χ2v) is 6.36. The lowest BCUT2D eigenvalue weighted by molar-refractivity contribution is 0.393. The van der Waals surface area contributed by atoms with Gasteiger partial charge >= 0.3 is 0 Å². The van der Waals surface area contributed by atoms with E-state index >= 15 is 0 Å². The molecule has 4 heteroatoms. The fourth-order valence-electron chi connectivity index (χ4n) is 3.03. The first kappa shape index (κ1) is 20.0. The van der Waals surface area contributed by atoms with Crippen molar-refractivity contribution in [3.63, 3.8) is 0 Å². The molecule has 2 rings (SSSR count). The summed E-state index contributed by atoms with van der Waals surface area (Å²) in [5.41, 5.74) is 2.53. The summed E-state index contributed by atoms with van der Waals surface area (Å²) < 4.78 is 21.3. The van der Waals surface area contributed by atoms with Crippen molar-refractivity contribution in [1.82, 2.24) is 0 Å². The van der Waals surface area contributed by atoms with E-state index in [-0.39, 0.29) is 0 Å². The lowest BCUT2D eigenvalue weighted by Gasteiger charge is -2.09. The van der Waals surface area contributed by atoms with Gasteiger partial charge in [-0.05, 0) is 61.1 Å². The summed E-state index contributed by atoms with van der Waals surface area (Å²) >= 11 is 0. The van der Waals surface area contributed by atoms with Crippen LogP contribution in [-0.2, 0) is 12.8 Å². The molecular weight excluding hydrogens is 328 g/mol. The van der Waals surface area contributed by atoms with E-state index in [4.69, 9.17) is 18.9 Å². The highest BCUT2D eigenvalue weighted by Gasteiger charge is 2.04. The molecule has 0 aliphatic carbocycles. The number of rotatable bonds is 11. The zero-order valence-electron chi connectivity index (χ0n) is 16.3. The van der Waals surface area contributed by atoms with E-state index in [2.05, 4.69) is 24.3 Å². The Morgan fingerprint density at radius 1 is 0.462 bits per heavy atom. The minimum atomic E-state index is 0.853. The molecule has 0 unspecified atom stereocenters. The Hall–Kier alpha value is -2.36. The van der Waals surface area contributed by atoms with Gasteiger partial charge in [-0.2, -0.15) is 0 Å². The number of hydrogen-bond donors (Lipinski definition) is 0. The minimum absolute atomic E-state index is 0.853. The Labute approximate surface area is 157 Å². The summed E-state index contributed by atoms with van der Waals surface area (Å²) in [6.45, 7) is 0. The molecule has 0 fully saturated rings. The lowest BCUT2D eigenvalue weighted by atomic mass is 10.0. The van der Waals surface area contributed by atoms with Crippen molar-refractivity contribution >= 4 is 0 Å². The van der Waals surface area contributed by atoms with Gasteiger partial charge in [0.1, 0.15) is 23.0 Å². The molecule has 4 nitrogen and oxygen atoms in total. The Morgan fingerprint density at radius 2 is 0.769 bits per heavy atom. The molecule has 0 radical (unpaired) electrons. The van der Waals surface area contributed by atoms with Crippen LogP contribution in [0.3, 0.4) is 0 Å². The van der Waals surface area contributed by atoms with E-state index in [0.717, 1.165) is 48.7 Å². The van der Waals surface area contributed by atoms with Gasteiger partial charge in [0, 0.05) is 12.1 Å². The van der Waals surface area contributed by atoms with Gasteiger partial charge in [0.15, 0.2) is 0 Å². The summed E-state index contributed by atoms with van der Waals surface area (Å²) in [5, 5.41) is 0. The number of unbranched alkanes of at least 4 members (excludes halogenated alkanes) is 3. The van der Waals surface area contributed by atoms with Gasteiger partial charge in [0.2, 0.25) is 0 Å². The normalized spacial score (nSPS) is 10.5. The van der Waals surface area contributed by atoms with Crippen molar-refractivity contribution in [2.45, 2.75) is 38.5 Å². The predicted molar refractivity (Wildman–Crippen MR) is 105 cm³/mol. The van der Waals surface area contributed by atoms with Crippen molar-refractivity contribution < 1.29 is 18.9 Å². The molecule has 2 aromatic carbocycles. The van der Waals surface area contributed by atoms with E-state index in [1.165, 1.54) is 24.0 Å². The molecule has 0 amide bonds. The smallest absolute Gasteiger partial charge is 0.122 e. The maximum atomic E-state index is 5.33. The number of aryl methyl sites for hydroxylation is 2. The van der Waals surface area contributed by atoms with Crippen LogP contribution in [0.15, 0.2) is 36.4 Å². The number of benzene rings is 2. The fraction of sp³-hybridized carbons (Fsp3) is 0.455. The van der Waals surface area contributed by atoms with Crippen LogP contribution < -0.4 is 18.9 Å². The van der Waals surface area contributed by atoms with Crippen LogP contribution in [-0.4, -0.2) is 28.4 Å². The van der Waals surface area contributed by atoms with Gasteiger partial charge in [0.05, 0.1) is 28.4 Å². The van der Waals surface area contributed by atoms with Crippen molar-refractivity contribution in [2.24, 2.45) is 0 Å². The molecule has 0 heterocycles.